The van der Waals surface area contributed by atoms with Crippen molar-refractivity contribution >= 4 is 17.5 Å². The number of benzene rings is 1. The molecule has 1 fully saturated rings. The van der Waals surface area contributed by atoms with Crippen molar-refractivity contribution in [3.05, 3.63) is 29.3 Å². The van der Waals surface area contributed by atoms with Gasteiger partial charge in [0.05, 0.1) is 13.2 Å². The van der Waals surface area contributed by atoms with Crippen LogP contribution in [0.1, 0.15) is 15.9 Å². The first-order valence-electron chi connectivity index (χ1n) is 6.68. The van der Waals surface area contributed by atoms with Crippen molar-refractivity contribution in [3.8, 4) is 0 Å². The van der Waals surface area contributed by atoms with Crippen LogP contribution in [0.2, 0.25) is 0 Å². The first-order valence-corrected chi connectivity index (χ1v) is 6.68. The van der Waals surface area contributed by atoms with Gasteiger partial charge in [0.15, 0.2) is 0 Å². The number of fused-ring (bicyclic) bond motifs is 1. The van der Waals surface area contributed by atoms with Gasteiger partial charge >= 0.3 is 0 Å². The standard InChI is InChI=1S/C14H17N3O3/c15-11-2-1-10-8-17(14(19)12(10)7-11)9-13(18)16-3-5-20-6-4-16/h1-2,7H,3-6,8-9,15H2. The number of nitrogens with zero attached hydrogens (tertiary/aromatic N) is 2. The maximum atomic E-state index is 12.2. The molecular formula is C14H17N3O3. The average molecular weight is 275 g/mol. The molecule has 1 saturated heterocycles. The van der Waals surface area contributed by atoms with E-state index in [0.717, 1.165) is 5.56 Å². The Morgan fingerprint density at radius 1 is 1.30 bits per heavy atom. The third-order valence-corrected chi connectivity index (χ3v) is 3.70. The Morgan fingerprint density at radius 3 is 2.80 bits per heavy atom. The number of amides is 2. The number of nitrogen functional groups attached to an aromatic ring is 1. The normalized spacial score (nSPS) is 18.3. The molecule has 1 aromatic carbocycles. The zero-order valence-corrected chi connectivity index (χ0v) is 11.2. The van der Waals surface area contributed by atoms with Gasteiger partial charge in [-0.1, -0.05) is 6.07 Å². The maximum absolute atomic E-state index is 12.2. The molecule has 6 heteroatoms. The Balaban J connectivity index is 1.68. The first kappa shape index (κ1) is 12.9. The summed E-state index contributed by atoms with van der Waals surface area (Å²) in [7, 11) is 0. The van der Waals surface area contributed by atoms with Crippen molar-refractivity contribution in [2.75, 3.05) is 38.6 Å². The minimum Gasteiger partial charge on any atom is -0.399 e. The predicted octanol–water partition coefficient (Wildman–Crippen LogP) is 0.0834. The largest absolute Gasteiger partial charge is 0.399 e. The lowest BCUT2D eigenvalue weighted by Gasteiger charge is -2.28. The summed E-state index contributed by atoms with van der Waals surface area (Å²) in [4.78, 5) is 27.7. The Kier molecular flexibility index (Phi) is 3.31. The van der Waals surface area contributed by atoms with E-state index in [1.54, 1.807) is 21.9 Å². The number of anilines is 1. The number of hydrogen-bond acceptors (Lipinski definition) is 4. The molecule has 2 aliphatic heterocycles. The summed E-state index contributed by atoms with van der Waals surface area (Å²) >= 11 is 0. The summed E-state index contributed by atoms with van der Waals surface area (Å²) in [6.07, 6.45) is 0. The van der Waals surface area contributed by atoms with Crippen LogP contribution in [0.25, 0.3) is 0 Å². The van der Waals surface area contributed by atoms with E-state index in [4.69, 9.17) is 10.5 Å². The molecule has 20 heavy (non-hydrogen) atoms. The van der Waals surface area contributed by atoms with Gasteiger partial charge in [-0.3, -0.25) is 9.59 Å². The molecule has 1 aromatic rings. The number of ether oxygens (including phenoxy) is 1. The molecule has 2 N–H and O–H groups in total. The van der Waals surface area contributed by atoms with E-state index < -0.39 is 0 Å². The van der Waals surface area contributed by atoms with Crippen LogP contribution in [0.4, 0.5) is 5.69 Å². The Morgan fingerprint density at radius 2 is 2.05 bits per heavy atom. The summed E-state index contributed by atoms with van der Waals surface area (Å²) in [5, 5.41) is 0. The molecule has 0 atom stereocenters. The van der Waals surface area contributed by atoms with Gasteiger partial charge < -0.3 is 20.3 Å². The van der Waals surface area contributed by atoms with E-state index in [9.17, 15) is 9.59 Å². The highest BCUT2D eigenvalue weighted by Gasteiger charge is 2.30. The summed E-state index contributed by atoms with van der Waals surface area (Å²) in [5.41, 5.74) is 7.81. The van der Waals surface area contributed by atoms with E-state index in [-0.39, 0.29) is 18.4 Å². The van der Waals surface area contributed by atoms with Crippen molar-refractivity contribution in [1.82, 2.24) is 9.80 Å². The average Bonchev–Trinajstić information content (AvgIpc) is 2.76. The van der Waals surface area contributed by atoms with Gasteiger partial charge in [-0.05, 0) is 17.7 Å². The number of nitrogens with two attached hydrogens (primary N) is 1. The van der Waals surface area contributed by atoms with E-state index in [0.29, 0.717) is 44.1 Å². The molecule has 0 radical (unpaired) electrons. The van der Waals surface area contributed by atoms with Gasteiger partial charge in [0.2, 0.25) is 5.91 Å². The third kappa shape index (κ3) is 2.34. The van der Waals surface area contributed by atoms with Crippen LogP contribution in [-0.2, 0) is 16.1 Å². The molecular weight excluding hydrogens is 258 g/mol. The van der Waals surface area contributed by atoms with Gasteiger partial charge in [0.25, 0.3) is 5.91 Å². The third-order valence-electron chi connectivity index (χ3n) is 3.70. The molecule has 0 aromatic heterocycles. The van der Waals surface area contributed by atoms with E-state index >= 15 is 0 Å². The minimum absolute atomic E-state index is 0.0255. The second-order valence-corrected chi connectivity index (χ2v) is 5.07. The SMILES string of the molecule is Nc1ccc2c(c1)C(=O)N(CC(=O)N1CCOCC1)C2. The topological polar surface area (TPSA) is 75.9 Å². The summed E-state index contributed by atoms with van der Waals surface area (Å²) < 4.78 is 5.22. The quantitative estimate of drug-likeness (QED) is 0.776. The van der Waals surface area contributed by atoms with Gasteiger partial charge in [0.1, 0.15) is 6.54 Å². The first-order chi connectivity index (χ1) is 9.65. The molecule has 0 spiro atoms. The predicted molar refractivity (Wildman–Crippen MR) is 73.0 cm³/mol. The van der Waals surface area contributed by atoms with Crippen molar-refractivity contribution in [1.29, 1.82) is 0 Å². The highest BCUT2D eigenvalue weighted by molar-refractivity contribution is 6.00. The minimum atomic E-state index is -0.117. The van der Waals surface area contributed by atoms with Crippen LogP contribution >= 0.6 is 0 Å². The fourth-order valence-electron chi connectivity index (χ4n) is 2.58. The number of rotatable bonds is 2. The summed E-state index contributed by atoms with van der Waals surface area (Å²) in [6, 6.07) is 5.30. The second kappa shape index (κ2) is 5.13. The Labute approximate surface area is 117 Å². The van der Waals surface area contributed by atoms with Crippen LogP contribution in [-0.4, -0.2) is 54.5 Å². The molecule has 106 valence electrons. The molecule has 2 heterocycles. The number of carbonyl (C=O) groups excluding carboxylic acids is 2. The molecule has 6 nitrogen and oxygen atoms in total. The monoisotopic (exact) mass is 275 g/mol. The maximum Gasteiger partial charge on any atom is 0.255 e. The van der Waals surface area contributed by atoms with Gasteiger partial charge in [0, 0.05) is 30.9 Å². The van der Waals surface area contributed by atoms with E-state index in [2.05, 4.69) is 0 Å². The van der Waals surface area contributed by atoms with Crippen LogP contribution in [0.5, 0.6) is 0 Å². The molecule has 0 unspecified atom stereocenters. The van der Waals surface area contributed by atoms with Gasteiger partial charge in [-0.15, -0.1) is 0 Å². The lowest BCUT2D eigenvalue weighted by molar-refractivity contribution is -0.136. The Hall–Kier alpha value is -2.08. The van der Waals surface area contributed by atoms with Gasteiger partial charge in [-0.2, -0.15) is 0 Å². The highest BCUT2D eigenvalue weighted by Crippen LogP contribution is 2.24. The van der Waals surface area contributed by atoms with Crippen LogP contribution in [0.3, 0.4) is 0 Å². The molecule has 2 aliphatic rings. The number of hydrogen-bond donors (Lipinski definition) is 1. The zero-order valence-electron chi connectivity index (χ0n) is 11.2. The van der Waals surface area contributed by atoms with E-state index in [1.807, 2.05) is 6.07 Å². The van der Waals surface area contributed by atoms with Crippen molar-refractivity contribution in [2.24, 2.45) is 0 Å². The van der Waals surface area contributed by atoms with Gasteiger partial charge in [-0.25, -0.2) is 0 Å². The van der Waals surface area contributed by atoms with E-state index in [1.165, 1.54) is 0 Å². The molecule has 0 saturated carbocycles. The van der Waals surface area contributed by atoms with Crippen molar-refractivity contribution in [2.45, 2.75) is 6.54 Å². The fraction of sp³-hybridized carbons (Fsp3) is 0.429. The fourth-order valence-corrected chi connectivity index (χ4v) is 2.58. The van der Waals surface area contributed by atoms with Crippen LogP contribution < -0.4 is 5.73 Å². The molecule has 0 aliphatic carbocycles. The number of morpholine rings is 1. The highest BCUT2D eigenvalue weighted by atomic mass is 16.5. The molecule has 2 amide bonds. The lowest BCUT2D eigenvalue weighted by Crippen LogP contribution is -2.45. The summed E-state index contributed by atoms with van der Waals surface area (Å²) in [5.74, 6) is -0.142. The van der Waals surface area contributed by atoms with Crippen LogP contribution in [0.15, 0.2) is 18.2 Å². The van der Waals surface area contributed by atoms with Crippen molar-refractivity contribution in [3.63, 3.8) is 0 Å². The van der Waals surface area contributed by atoms with Crippen molar-refractivity contribution < 1.29 is 14.3 Å². The molecule has 0 bridgehead atoms. The molecule has 3 rings (SSSR count). The number of carbonyl (C=O) groups is 2. The second-order valence-electron chi connectivity index (χ2n) is 5.07. The lowest BCUT2D eigenvalue weighted by atomic mass is 10.1. The van der Waals surface area contributed by atoms with Crippen LogP contribution in [0, 0.1) is 0 Å². The zero-order chi connectivity index (χ0) is 14.1. The Bertz CT molecular complexity index is 553. The smallest absolute Gasteiger partial charge is 0.255 e. The summed E-state index contributed by atoms with van der Waals surface area (Å²) in [6.45, 7) is 2.92.